The molecule has 1 amide bonds. The summed E-state index contributed by atoms with van der Waals surface area (Å²) in [6.07, 6.45) is 3.22. The van der Waals surface area contributed by atoms with Crippen LogP contribution in [0, 0.1) is 13.8 Å². The number of amides is 1. The molecule has 2 aromatic heterocycles. The quantitative estimate of drug-likeness (QED) is 0.835. The van der Waals surface area contributed by atoms with Crippen LogP contribution in [0.5, 0.6) is 0 Å². The second kappa shape index (κ2) is 6.28. The van der Waals surface area contributed by atoms with Gasteiger partial charge in [-0.2, -0.15) is 0 Å². The number of aryl methyl sites for hydroxylation is 2. The summed E-state index contributed by atoms with van der Waals surface area (Å²) in [5.74, 6) is 1.18. The lowest BCUT2D eigenvalue weighted by Crippen LogP contribution is -2.38. The van der Waals surface area contributed by atoms with Crippen LogP contribution < -0.4 is 5.32 Å². The molecule has 5 heteroatoms. The molecule has 0 spiro atoms. The fourth-order valence-electron chi connectivity index (χ4n) is 2.12. The third-order valence-electron chi connectivity index (χ3n) is 3.17. The summed E-state index contributed by atoms with van der Waals surface area (Å²) >= 11 is 1.56. The fourth-order valence-corrected chi connectivity index (χ4v) is 2.74. The van der Waals surface area contributed by atoms with E-state index >= 15 is 0 Å². The van der Waals surface area contributed by atoms with Crippen molar-refractivity contribution in [1.82, 2.24) is 5.32 Å². The van der Waals surface area contributed by atoms with Crippen LogP contribution >= 0.6 is 11.3 Å². The first kappa shape index (κ1) is 15.5. The van der Waals surface area contributed by atoms with Crippen LogP contribution in [0.25, 0.3) is 6.08 Å². The van der Waals surface area contributed by atoms with Gasteiger partial charge in [0.15, 0.2) is 0 Å². The molecule has 0 saturated heterocycles. The van der Waals surface area contributed by atoms with Crippen molar-refractivity contribution in [1.29, 1.82) is 0 Å². The molecule has 2 heterocycles. The molecule has 4 nitrogen and oxygen atoms in total. The number of carbonyl (C=O) groups excluding carboxylic acids is 1. The van der Waals surface area contributed by atoms with Crippen molar-refractivity contribution in [3.05, 3.63) is 51.6 Å². The van der Waals surface area contributed by atoms with E-state index < -0.39 is 5.60 Å². The lowest BCUT2D eigenvalue weighted by molar-refractivity contribution is -0.117. The van der Waals surface area contributed by atoms with Gasteiger partial charge in [-0.1, -0.05) is 6.07 Å². The van der Waals surface area contributed by atoms with E-state index in [1.54, 1.807) is 37.3 Å². The Labute approximate surface area is 128 Å². The van der Waals surface area contributed by atoms with Crippen LogP contribution in [-0.2, 0) is 10.4 Å². The van der Waals surface area contributed by atoms with Gasteiger partial charge in [-0.3, -0.25) is 4.79 Å². The molecule has 0 aromatic carbocycles. The van der Waals surface area contributed by atoms with E-state index in [0.29, 0.717) is 11.3 Å². The Morgan fingerprint density at radius 3 is 2.86 bits per heavy atom. The minimum atomic E-state index is -1.16. The number of aliphatic hydroxyl groups is 1. The van der Waals surface area contributed by atoms with Gasteiger partial charge in [0.25, 0.3) is 0 Å². The van der Waals surface area contributed by atoms with E-state index in [2.05, 4.69) is 5.32 Å². The summed E-state index contributed by atoms with van der Waals surface area (Å²) in [6, 6.07) is 5.66. The van der Waals surface area contributed by atoms with Crippen LogP contribution in [0.15, 0.2) is 34.1 Å². The molecule has 1 unspecified atom stereocenters. The standard InChI is InChI=1S/C16H19NO3S/c1-11-9-14(12(2)20-11)16(3,19)10-17-15(18)7-6-13-5-4-8-21-13/h4-9,19H,10H2,1-3H3,(H,17,18)/b7-6+. The molecule has 0 saturated carbocycles. The van der Waals surface area contributed by atoms with E-state index in [1.807, 2.05) is 24.4 Å². The summed E-state index contributed by atoms with van der Waals surface area (Å²) < 4.78 is 5.42. The number of furan rings is 1. The second-order valence-electron chi connectivity index (χ2n) is 5.17. The molecule has 0 bridgehead atoms. The van der Waals surface area contributed by atoms with Crippen LogP contribution in [0.3, 0.4) is 0 Å². The van der Waals surface area contributed by atoms with Gasteiger partial charge in [-0.05, 0) is 44.4 Å². The summed E-state index contributed by atoms with van der Waals surface area (Å²) in [5, 5.41) is 15.1. The Morgan fingerprint density at radius 1 is 1.52 bits per heavy atom. The largest absolute Gasteiger partial charge is 0.466 e. The minimum Gasteiger partial charge on any atom is -0.466 e. The van der Waals surface area contributed by atoms with Gasteiger partial charge in [0.2, 0.25) is 5.91 Å². The molecule has 2 rings (SSSR count). The van der Waals surface area contributed by atoms with Gasteiger partial charge in [0, 0.05) is 16.5 Å². The molecule has 0 aliphatic rings. The Hall–Kier alpha value is -1.85. The Morgan fingerprint density at radius 2 is 2.29 bits per heavy atom. The van der Waals surface area contributed by atoms with Crippen molar-refractivity contribution in [3.8, 4) is 0 Å². The molecule has 112 valence electrons. The van der Waals surface area contributed by atoms with E-state index in [4.69, 9.17) is 4.42 Å². The highest BCUT2D eigenvalue weighted by Crippen LogP contribution is 2.26. The second-order valence-corrected chi connectivity index (χ2v) is 6.15. The third kappa shape index (κ3) is 4.06. The maximum Gasteiger partial charge on any atom is 0.244 e. The fraction of sp³-hybridized carbons (Fsp3) is 0.312. The molecule has 2 aromatic rings. The predicted octanol–water partition coefficient (Wildman–Crippen LogP) is 3.00. The van der Waals surface area contributed by atoms with Crippen LogP contribution in [0.2, 0.25) is 0 Å². The van der Waals surface area contributed by atoms with Gasteiger partial charge in [-0.15, -0.1) is 11.3 Å². The van der Waals surface area contributed by atoms with E-state index in [0.717, 1.165) is 10.6 Å². The maximum atomic E-state index is 11.8. The Bertz CT molecular complexity index is 639. The summed E-state index contributed by atoms with van der Waals surface area (Å²) in [6.45, 7) is 5.41. The van der Waals surface area contributed by atoms with Crippen molar-refractivity contribution in [2.75, 3.05) is 6.54 Å². The minimum absolute atomic E-state index is 0.125. The number of thiophene rings is 1. The maximum absolute atomic E-state index is 11.8. The molecule has 1 atom stereocenters. The highest BCUT2D eigenvalue weighted by Gasteiger charge is 2.27. The highest BCUT2D eigenvalue weighted by atomic mass is 32.1. The number of hydrogen-bond acceptors (Lipinski definition) is 4. The molecule has 0 fully saturated rings. The van der Waals surface area contributed by atoms with E-state index in [-0.39, 0.29) is 12.5 Å². The molecular weight excluding hydrogens is 286 g/mol. The van der Waals surface area contributed by atoms with Crippen molar-refractivity contribution >= 4 is 23.3 Å². The molecular formula is C16H19NO3S. The van der Waals surface area contributed by atoms with Crippen molar-refractivity contribution < 1.29 is 14.3 Å². The number of hydrogen-bond donors (Lipinski definition) is 2. The number of carbonyl (C=O) groups is 1. The topological polar surface area (TPSA) is 62.5 Å². The van der Waals surface area contributed by atoms with E-state index in [9.17, 15) is 9.90 Å². The van der Waals surface area contributed by atoms with Gasteiger partial charge in [0.05, 0.1) is 6.54 Å². The van der Waals surface area contributed by atoms with Gasteiger partial charge in [-0.25, -0.2) is 0 Å². The van der Waals surface area contributed by atoms with Crippen LogP contribution in [0.4, 0.5) is 0 Å². The van der Waals surface area contributed by atoms with E-state index in [1.165, 1.54) is 6.08 Å². The third-order valence-corrected chi connectivity index (χ3v) is 4.01. The Kier molecular flexibility index (Phi) is 4.65. The zero-order chi connectivity index (χ0) is 15.5. The molecule has 0 aliphatic heterocycles. The summed E-state index contributed by atoms with van der Waals surface area (Å²) in [4.78, 5) is 12.8. The molecule has 0 radical (unpaired) electrons. The van der Waals surface area contributed by atoms with Crippen LogP contribution in [0.1, 0.15) is 28.9 Å². The zero-order valence-corrected chi connectivity index (χ0v) is 13.2. The van der Waals surface area contributed by atoms with Crippen molar-refractivity contribution in [2.24, 2.45) is 0 Å². The SMILES string of the molecule is Cc1cc(C(C)(O)CNC(=O)/C=C/c2cccs2)c(C)o1. The summed E-state index contributed by atoms with van der Waals surface area (Å²) in [5.41, 5.74) is -0.462. The molecule has 21 heavy (non-hydrogen) atoms. The van der Waals surface area contributed by atoms with Gasteiger partial charge >= 0.3 is 0 Å². The van der Waals surface area contributed by atoms with Crippen molar-refractivity contribution in [2.45, 2.75) is 26.4 Å². The first-order valence-corrected chi connectivity index (χ1v) is 7.56. The predicted molar refractivity (Wildman–Crippen MR) is 84.1 cm³/mol. The lowest BCUT2D eigenvalue weighted by Gasteiger charge is -2.22. The first-order valence-electron chi connectivity index (χ1n) is 6.68. The smallest absolute Gasteiger partial charge is 0.244 e. The average Bonchev–Trinajstić information content (AvgIpc) is 3.04. The number of rotatable bonds is 5. The highest BCUT2D eigenvalue weighted by molar-refractivity contribution is 7.10. The van der Waals surface area contributed by atoms with Crippen molar-refractivity contribution in [3.63, 3.8) is 0 Å². The van der Waals surface area contributed by atoms with Gasteiger partial charge < -0.3 is 14.8 Å². The molecule has 2 N–H and O–H groups in total. The normalized spacial score (nSPS) is 14.3. The number of nitrogens with one attached hydrogen (secondary N) is 1. The average molecular weight is 305 g/mol. The summed E-state index contributed by atoms with van der Waals surface area (Å²) in [7, 11) is 0. The Balaban J connectivity index is 1.95. The van der Waals surface area contributed by atoms with Gasteiger partial charge in [0.1, 0.15) is 17.1 Å². The first-order chi connectivity index (χ1) is 9.88. The zero-order valence-electron chi connectivity index (χ0n) is 12.3. The monoisotopic (exact) mass is 305 g/mol. The van der Waals surface area contributed by atoms with Crippen LogP contribution in [-0.4, -0.2) is 17.6 Å². The lowest BCUT2D eigenvalue weighted by atomic mass is 9.96. The molecule has 0 aliphatic carbocycles.